The Balaban J connectivity index is 1.51. The third-order valence-electron chi connectivity index (χ3n) is 6.23. The number of nitrogens with zero attached hydrogens (tertiary/aromatic N) is 3. The molecule has 0 aliphatic carbocycles. The predicted molar refractivity (Wildman–Crippen MR) is 125 cm³/mol. The van der Waals surface area contributed by atoms with Crippen LogP contribution in [0.25, 0.3) is 0 Å². The summed E-state index contributed by atoms with van der Waals surface area (Å²) in [6.45, 7) is 4.80. The van der Waals surface area contributed by atoms with Gasteiger partial charge in [0, 0.05) is 55.5 Å². The fourth-order valence-corrected chi connectivity index (χ4v) is 4.53. The van der Waals surface area contributed by atoms with E-state index in [1.807, 2.05) is 25.1 Å². The Labute approximate surface area is 193 Å². The number of fused-ring (bicyclic) bond motifs is 1. The van der Waals surface area contributed by atoms with Crippen LogP contribution in [-0.4, -0.2) is 67.9 Å². The minimum absolute atomic E-state index is 0.0475. The highest BCUT2D eigenvalue weighted by atomic mass is 19.1. The number of amides is 2. The van der Waals surface area contributed by atoms with Crippen LogP contribution in [0.15, 0.2) is 40.5 Å². The molecule has 5 N–H and O–H groups in total. The molecule has 1 atom stereocenters. The van der Waals surface area contributed by atoms with Crippen LogP contribution in [0.5, 0.6) is 5.75 Å². The van der Waals surface area contributed by atoms with Crippen LogP contribution in [0.3, 0.4) is 0 Å². The molecular formula is C23H32FN7O2. The van der Waals surface area contributed by atoms with Crippen molar-refractivity contribution in [1.29, 1.82) is 0 Å². The van der Waals surface area contributed by atoms with Crippen molar-refractivity contribution in [2.45, 2.75) is 32.5 Å². The van der Waals surface area contributed by atoms with Gasteiger partial charge >= 0.3 is 6.03 Å². The van der Waals surface area contributed by atoms with E-state index < -0.39 is 0 Å². The summed E-state index contributed by atoms with van der Waals surface area (Å²) in [6.07, 6.45) is 5.14. The molecular weight excluding hydrogens is 425 g/mol. The minimum atomic E-state index is -0.257. The zero-order chi connectivity index (χ0) is 23.4. The van der Waals surface area contributed by atoms with E-state index in [9.17, 15) is 9.18 Å². The number of nitrogens with two attached hydrogens (primary N) is 1. The number of hydrogen-bond donors (Lipinski definition) is 4. The highest BCUT2D eigenvalue weighted by molar-refractivity contribution is 5.83. The van der Waals surface area contributed by atoms with Gasteiger partial charge in [-0.25, -0.2) is 14.2 Å². The number of carbonyl (C=O) groups is 1. The lowest BCUT2D eigenvalue weighted by atomic mass is 9.96. The molecule has 1 aromatic carbocycles. The molecule has 2 amide bonds. The largest absolute Gasteiger partial charge is 0.493 e. The molecule has 3 aliphatic rings. The van der Waals surface area contributed by atoms with Crippen LogP contribution < -0.4 is 26.4 Å². The number of aliphatic imine (C=N–C) groups is 1. The van der Waals surface area contributed by atoms with Crippen molar-refractivity contribution in [2.24, 2.45) is 10.7 Å². The molecule has 0 bridgehead atoms. The van der Waals surface area contributed by atoms with Crippen molar-refractivity contribution in [2.75, 3.05) is 40.0 Å². The monoisotopic (exact) mass is 457 g/mol. The number of hydrogen-bond acceptors (Lipinski definition) is 7. The molecule has 0 fully saturated rings. The smallest absolute Gasteiger partial charge is 0.317 e. The molecule has 4 rings (SSSR count). The zero-order valence-electron chi connectivity index (χ0n) is 19.2. The third-order valence-corrected chi connectivity index (χ3v) is 6.23. The van der Waals surface area contributed by atoms with Crippen LogP contribution >= 0.6 is 0 Å². The fourth-order valence-electron chi connectivity index (χ4n) is 4.53. The molecule has 9 nitrogen and oxygen atoms in total. The van der Waals surface area contributed by atoms with Crippen LogP contribution in [0.1, 0.15) is 24.5 Å². The summed E-state index contributed by atoms with van der Waals surface area (Å²) in [7, 11) is 1.87. The summed E-state index contributed by atoms with van der Waals surface area (Å²) in [5.41, 5.74) is 9.76. The predicted octanol–water partition coefficient (Wildman–Crippen LogP) is 1.23. The first kappa shape index (κ1) is 23.1. The first-order valence-electron chi connectivity index (χ1n) is 11.4. The molecule has 0 saturated heterocycles. The quantitative estimate of drug-likeness (QED) is 0.512. The molecule has 0 spiro atoms. The van der Waals surface area contributed by atoms with Gasteiger partial charge in [0.1, 0.15) is 17.7 Å². The first-order chi connectivity index (χ1) is 16.1. The van der Waals surface area contributed by atoms with Crippen LogP contribution in [0.4, 0.5) is 9.18 Å². The molecule has 10 heteroatoms. The van der Waals surface area contributed by atoms with Gasteiger partial charge in [0.05, 0.1) is 13.3 Å². The highest BCUT2D eigenvalue weighted by Gasteiger charge is 2.30. The Hall–Kier alpha value is -3.11. The molecule has 0 radical (unpaired) electrons. The van der Waals surface area contributed by atoms with Gasteiger partial charge < -0.3 is 30.9 Å². The number of halogens is 1. The van der Waals surface area contributed by atoms with Crippen molar-refractivity contribution in [3.63, 3.8) is 0 Å². The van der Waals surface area contributed by atoms with Crippen molar-refractivity contribution < 1.29 is 13.9 Å². The fraction of sp³-hybridized carbons (Fsp3) is 0.478. The summed E-state index contributed by atoms with van der Waals surface area (Å²) < 4.78 is 20.1. The SMILES string of the molecule is CCNC(=O)N1CC=C(C2=CN=C(NCc3c(F)ccc4c3CCO4)N(CN)C2NC)CC1. The molecule has 33 heavy (non-hydrogen) atoms. The van der Waals surface area contributed by atoms with Crippen molar-refractivity contribution in [3.05, 3.63) is 52.5 Å². The van der Waals surface area contributed by atoms with Gasteiger partial charge in [0.15, 0.2) is 0 Å². The number of guanidine groups is 1. The molecule has 0 aromatic heterocycles. The van der Waals surface area contributed by atoms with E-state index in [4.69, 9.17) is 10.5 Å². The normalized spacial score (nSPS) is 19.9. The second-order valence-electron chi connectivity index (χ2n) is 8.10. The highest BCUT2D eigenvalue weighted by Crippen LogP contribution is 2.30. The van der Waals surface area contributed by atoms with Gasteiger partial charge in [-0.2, -0.15) is 0 Å². The van der Waals surface area contributed by atoms with Crippen LogP contribution in [0, 0.1) is 5.82 Å². The second-order valence-corrected chi connectivity index (χ2v) is 8.10. The summed E-state index contributed by atoms with van der Waals surface area (Å²) in [5, 5.41) is 9.43. The average Bonchev–Trinajstić information content (AvgIpc) is 3.32. The van der Waals surface area contributed by atoms with E-state index in [0.29, 0.717) is 44.2 Å². The number of nitrogens with one attached hydrogen (secondary N) is 3. The maximum absolute atomic E-state index is 14.5. The molecule has 0 saturated carbocycles. The molecule has 3 aliphatic heterocycles. The average molecular weight is 458 g/mol. The van der Waals surface area contributed by atoms with Crippen molar-refractivity contribution in [3.8, 4) is 5.75 Å². The summed E-state index contributed by atoms with van der Waals surface area (Å²) >= 11 is 0. The van der Waals surface area contributed by atoms with Crippen LogP contribution in [0.2, 0.25) is 0 Å². The lowest BCUT2D eigenvalue weighted by Crippen LogP contribution is -2.56. The second kappa shape index (κ2) is 10.2. The van der Waals surface area contributed by atoms with E-state index >= 15 is 0 Å². The maximum Gasteiger partial charge on any atom is 0.317 e. The number of benzene rings is 1. The van der Waals surface area contributed by atoms with Gasteiger partial charge in [0.2, 0.25) is 5.96 Å². The van der Waals surface area contributed by atoms with Crippen LogP contribution in [-0.2, 0) is 13.0 Å². The third kappa shape index (κ3) is 4.67. The lowest BCUT2D eigenvalue weighted by Gasteiger charge is -2.38. The maximum atomic E-state index is 14.5. The summed E-state index contributed by atoms with van der Waals surface area (Å²) in [4.78, 5) is 20.4. The van der Waals surface area contributed by atoms with E-state index in [0.717, 1.165) is 28.9 Å². The number of ether oxygens (including phenoxy) is 1. The molecule has 3 heterocycles. The summed E-state index contributed by atoms with van der Waals surface area (Å²) in [6, 6.07) is 3.08. The van der Waals surface area contributed by atoms with Gasteiger partial charge in [-0.05, 0) is 38.1 Å². The number of rotatable bonds is 6. The Kier molecular flexibility index (Phi) is 7.14. The Morgan fingerprint density at radius 1 is 1.36 bits per heavy atom. The van der Waals surface area contributed by atoms with E-state index in [2.05, 4.69) is 27.0 Å². The Morgan fingerprint density at radius 2 is 2.21 bits per heavy atom. The minimum Gasteiger partial charge on any atom is -0.493 e. The molecule has 178 valence electrons. The van der Waals surface area contributed by atoms with Crippen molar-refractivity contribution >= 4 is 12.0 Å². The molecule has 1 unspecified atom stereocenters. The van der Waals surface area contributed by atoms with Gasteiger partial charge in [-0.1, -0.05) is 6.08 Å². The molecule has 1 aromatic rings. The zero-order valence-corrected chi connectivity index (χ0v) is 19.2. The summed E-state index contributed by atoms with van der Waals surface area (Å²) in [5.74, 6) is 1.07. The van der Waals surface area contributed by atoms with E-state index in [-0.39, 0.29) is 31.2 Å². The van der Waals surface area contributed by atoms with Gasteiger partial charge in [-0.3, -0.25) is 5.32 Å². The number of likely N-dealkylation sites (N-methyl/N-ethyl adjacent to an activating group) is 1. The van der Waals surface area contributed by atoms with E-state index in [1.54, 1.807) is 11.0 Å². The number of urea groups is 1. The Bertz CT molecular complexity index is 991. The number of carbonyl (C=O) groups excluding carboxylic acids is 1. The topological polar surface area (TPSA) is 107 Å². The first-order valence-corrected chi connectivity index (χ1v) is 11.4. The van der Waals surface area contributed by atoms with Gasteiger partial charge in [0.25, 0.3) is 0 Å². The van der Waals surface area contributed by atoms with Crippen molar-refractivity contribution in [1.82, 2.24) is 25.8 Å². The Morgan fingerprint density at radius 3 is 2.91 bits per heavy atom. The standard InChI is InChI=1S/C23H32FN7O2/c1-3-27-23(32)30-9-6-15(7-10-30)17-12-28-22(31(14-25)21(17)26-2)29-13-18-16-8-11-33-20(16)5-4-19(18)24/h4-6,12,21,26H,3,7-11,13-14,25H2,1-2H3,(H,27,32)(H,28,29). The van der Waals surface area contributed by atoms with Gasteiger partial charge in [-0.15, -0.1) is 0 Å². The van der Waals surface area contributed by atoms with E-state index in [1.165, 1.54) is 6.07 Å². The lowest BCUT2D eigenvalue weighted by molar-refractivity contribution is 0.202.